The van der Waals surface area contributed by atoms with Crippen LogP contribution in [0, 0.1) is 6.92 Å². The van der Waals surface area contributed by atoms with Crippen LogP contribution in [-0.2, 0) is 10.1 Å². The largest absolute Gasteiger partial charge is 0.493 e. The van der Waals surface area contributed by atoms with Gasteiger partial charge in [0, 0.05) is 0 Å². The molecule has 2 aromatic carbocycles. The van der Waals surface area contributed by atoms with Crippen LogP contribution in [0.5, 0.6) is 11.5 Å². The highest BCUT2D eigenvalue weighted by Crippen LogP contribution is 2.34. The fraction of sp³-hybridized carbons (Fsp3) is 0.143. The maximum atomic E-state index is 12.3. The molecule has 0 saturated heterocycles. The minimum atomic E-state index is -4.16. The fourth-order valence-corrected chi connectivity index (χ4v) is 3.76. The number of halogens is 2. The lowest BCUT2D eigenvalue weighted by molar-refractivity contribution is 0.390. The van der Waals surface area contributed by atoms with Crippen molar-refractivity contribution in [2.75, 3.05) is 7.11 Å². The van der Waals surface area contributed by atoms with Gasteiger partial charge in [-0.2, -0.15) is 8.42 Å². The molecule has 0 aliphatic carbocycles. The second-order valence-corrected chi connectivity index (χ2v) is 6.54. The summed E-state index contributed by atoms with van der Waals surface area (Å²) in [6, 6.07) is 9.29. The third kappa shape index (κ3) is 3.43. The van der Waals surface area contributed by atoms with Crippen molar-refractivity contribution in [2.24, 2.45) is 0 Å². The number of rotatable bonds is 4. The van der Waals surface area contributed by atoms with E-state index >= 15 is 0 Å². The number of benzene rings is 2. The highest BCUT2D eigenvalue weighted by atomic mass is 35.5. The molecule has 2 aromatic rings. The zero-order chi connectivity index (χ0) is 15.6. The van der Waals surface area contributed by atoms with Crippen molar-refractivity contribution in [3.05, 3.63) is 52.0 Å². The molecule has 0 spiro atoms. The smallest absolute Gasteiger partial charge is 0.342 e. The van der Waals surface area contributed by atoms with E-state index in [1.54, 1.807) is 18.2 Å². The molecule has 0 heterocycles. The lowest BCUT2D eigenvalue weighted by Gasteiger charge is -2.12. The lowest BCUT2D eigenvalue weighted by atomic mass is 10.2. The van der Waals surface area contributed by atoms with Crippen molar-refractivity contribution in [1.82, 2.24) is 0 Å². The van der Waals surface area contributed by atoms with Crippen LogP contribution in [0.25, 0.3) is 0 Å². The van der Waals surface area contributed by atoms with Crippen LogP contribution in [0.3, 0.4) is 0 Å². The molecule has 112 valence electrons. The Kier molecular flexibility index (Phi) is 4.66. The molecular weight excluding hydrogens is 335 g/mol. The molecule has 0 aliphatic rings. The summed E-state index contributed by atoms with van der Waals surface area (Å²) < 4.78 is 34.9. The van der Waals surface area contributed by atoms with Crippen LogP contribution in [0.4, 0.5) is 0 Å². The number of methoxy groups -OCH3 is 1. The molecule has 7 heteroatoms. The van der Waals surface area contributed by atoms with Crippen LogP contribution in [0.2, 0.25) is 10.0 Å². The Morgan fingerprint density at radius 2 is 1.62 bits per heavy atom. The van der Waals surface area contributed by atoms with Gasteiger partial charge < -0.3 is 8.92 Å². The average Bonchev–Trinajstić information content (AvgIpc) is 2.40. The maximum Gasteiger partial charge on any atom is 0.342 e. The predicted molar refractivity (Wildman–Crippen MR) is 82.0 cm³/mol. The van der Waals surface area contributed by atoms with E-state index in [2.05, 4.69) is 0 Å². The molecule has 0 unspecified atom stereocenters. The second-order valence-electron chi connectivity index (χ2n) is 4.24. The van der Waals surface area contributed by atoms with Crippen LogP contribution < -0.4 is 8.92 Å². The van der Waals surface area contributed by atoms with E-state index in [0.29, 0.717) is 5.75 Å². The van der Waals surface area contributed by atoms with Gasteiger partial charge >= 0.3 is 10.1 Å². The van der Waals surface area contributed by atoms with E-state index in [1.165, 1.54) is 25.3 Å². The molecule has 0 N–H and O–H groups in total. The lowest BCUT2D eigenvalue weighted by Crippen LogP contribution is -2.11. The van der Waals surface area contributed by atoms with E-state index in [4.69, 9.17) is 32.1 Å². The summed E-state index contributed by atoms with van der Waals surface area (Å²) >= 11 is 11.8. The first-order valence-electron chi connectivity index (χ1n) is 5.88. The highest BCUT2D eigenvalue weighted by molar-refractivity contribution is 7.87. The Morgan fingerprint density at radius 1 is 1.00 bits per heavy atom. The topological polar surface area (TPSA) is 52.6 Å². The Morgan fingerprint density at radius 3 is 2.19 bits per heavy atom. The van der Waals surface area contributed by atoms with Gasteiger partial charge in [-0.05, 0) is 36.8 Å². The monoisotopic (exact) mass is 346 g/mol. The molecule has 0 atom stereocenters. The summed E-state index contributed by atoms with van der Waals surface area (Å²) in [4.78, 5) is -0.268. The van der Waals surface area contributed by atoms with Crippen molar-refractivity contribution in [2.45, 2.75) is 11.8 Å². The summed E-state index contributed by atoms with van der Waals surface area (Å²) in [5, 5.41) is -0.0119. The van der Waals surface area contributed by atoms with Crippen molar-refractivity contribution in [3.63, 3.8) is 0 Å². The van der Waals surface area contributed by atoms with Gasteiger partial charge in [-0.15, -0.1) is 0 Å². The first-order chi connectivity index (χ1) is 9.85. The zero-order valence-electron chi connectivity index (χ0n) is 11.3. The third-order valence-electron chi connectivity index (χ3n) is 2.69. The van der Waals surface area contributed by atoms with E-state index in [9.17, 15) is 8.42 Å². The van der Waals surface area contributed by atoms with Gasteiger partial charge in [-0.3, -0.25) is 0 Å². The summed E-state index contributed by atoms with van der Waals surface area (Å²) in [7, 11) is -2.74. The molecule has 4 nitrogen and oxygen atoms in total. The van der Waals surface area contributed by atoms with Crippen molar-refractivity contribution in [1.29, 1.82) is 0 Å². The molecule has 2 rings (SSSR count). The fourth-order valence-electron chi connectivity index (χ4n) is 1.72. The molecule has 0 aromatic heterocycles. The predicted octanol–water partition coefficient (Wildman–Crippen LogP) is 4.08. The minimum absolute atomic E-state index is 0.00595. The molecule has 0 radical (unpaired) electrons. The molecule has 21 heavy (non-hydrogen) atoms. The number of ether oxygens (including phenoxy) is 1. The minimum Gasteiger partial charge on any atom is -0.493 e. The first kappa shape index (κ1) is 15.9. The van der Waals surface area contributed by atoms with Crippen molar-refractivity contribution in [3.8, 4) is 11.5 Å². The van der Waals surface area contributed by atoms with E-state index in [0.717, 1.165) is 5.56 Å². The van der Waals surface area contributed by atoms with Crippen molar-refractivity contribution >= 4 is 33.3 Å². The normalized spacial score (nSPS) is 11.2. The van der Waals surface area contributed by atoms with Gasteiger partial charge in [0.1, 0.15) is 4.90 Å². The SMILES string of the molecule is COc1cc(C)ccc1OS(=O)(=O)c1c(Cl)cccc1Cl. The molecule has 0 fully saturated rings. The van der Waals surface area contributed by atoms with Gasteiger partial charge in [0.25, 0.3) is 0 Å². The third-order valence-corrected chi connectivity index (χ3v) is 4.88. The zero-order valence-corrected chi connectivity index (χ0v) is 13.6. The van der Waals surface area contributed by atoms with E-state index in [-0.39, 0.29) is 20.7 Å². The van der Waals surface area contributed by atoms with Gasteiger partial charge in [0.15, 0.2) is 11.5 Å². The van der Waals surface area contributed by atoms with Crippen LogP contribution >= 0.6 is 23.2 Å². The van der Waals surface area contributed by atoms with Crippen LogP contribution in [-0.4, -0.2) is 15.5 Å². The van der Waals surface area contributed by atoms with Gasteiger partial charge in [-0.25, -0.2) is 0 Å². The standard InChI is InChI=1S/C14H12Cl2O4S/c1-9-6-7-12(13(8-9)19-2)20-21(17,18)14-10(15)4-3-5-11(14)16/h3-8H,1-2H3. The summed E-state index contributed by atoms with van der Waals surface area (Å²) in [5.74, 6) is 0.376. The summed E-state index contributed by atoms with van der Waals surface area (Å²) in [6.45, 7) is 1.85. The Bertz CT molecular complexity index is 752. The Balaban J connectivity index is 2.48. The molecule has 0 bridgehead atoms. The molecule has 0 aliphatic heterocycles. The molecule has 0 amide bonds. The summed E-state index contributed by atoms with van der Waals surface area (Å²) in [6.07, 6.45) is 0. The quantitative estimate of drug-likeness (QED) is 0.782. The Labute approximate surface area is 133 Å². The highest BCUT2D eigenvalue weighted by Gasteiger charge is 2.25. The maximum absolute atomic E-state index is 12.3. The molecular formula is C14H12Cl2O4S. The number of aryl methyl sites for hydroxylation is 1. The average molecular weight is 347 g/mol. The van der Waals surface area contributed by atoms with Crippen LogP contribution in [0.15, 0.2) is 41.3 Å². The number of hydrogen-bond acceptors (Lipinski definition) is 4. The van der Waals surface area contributed by atoms with Gasteiger partial charge in [0.05, 0.1) is 17.2 Å². The van der Waals surface area contributed by atoms with Gasteiger partial charge in [0.2, 0.25) is 0 Å². The molecule has 0 saturated carbocycles. The van der Waals surface area contributed by atoms with Gasteiger partial charge in [-0.1, -0.05) is 35.3 Å². The second kappa shape index (κ2) is 6.13. The Hall–Kier alpha value is -1.43. The summed E-state index contributed by atoms with van der Waals surface area (Å²) in [5.41, 5.74) is 0.910. The van der Waals surface area contributed by atoms with Crippen LogP contribution in [0.1, 0.15) is 5.56 Å². The van der Waals surface area contributed by atoms with E-state index in [1.807, 2.05) is 6.92 Å². The number of hydrogen-bond donors (Lipinski definition) is 0. The van der Waals surface area contributed by atoms with E-state index < -0.39 is 10.1 Å². The first-order valence-corrected chi connectivity index (χ1v) is 8.04. The van der Waals surface area contributed by atoms with Crippen molar-refractivity contribution < 1.29 is 17.3 Å².